The molecule has 0 radical (unpaired) electrons. The monoisotopic (exact) mass is 372 g/mol. The van der Waals surface area contributed by atoms with Gasteiger partial charge in [-0.1, -0.05) is 66.7 Å². The van der Waals surface area contributed by atoms with Crippen molar-refractivity contribution in [3.05, 3.63) is 63.6 Å². The van der Waals surface area contributed by atoms with Gasteiger partial charge < -0.3 is 5.32 Å². The molecular formula is C21H22Cl2N2. The van der Waals surface area contributed by atoms with Gasteiger partial charge in [0.25, 0.3) is 0 Å². The lowest BCUT2D eigenvalue weighted by Crippen LogP contribution is -2.43. The van der Waals surface area contributed by atoms with Crippen LogP contribution in [0.5, 0.6) is 0 Å². The average Bonchev–Trinajstić information content (AvgIpc) is 2.61. The Morgan fingerprint density at radius 1 is 1.00 bits per heavy atom. The average molecular weight is 373 g/mol. The second-order valence-electron chi connectivity index (χ2n) is 7.21. The molecule has 2 aliphatic rings. The molecule has 0 bridgehead atoms. The minimum Gasteiger partial charge on any atom is -0.342 e. The summed E-state index contributed by atoms with van der Waals surface area (Å²) in [6, 6.07) is 14.1. The largest absolute Gasteiger partial charge is 0.342 e. The zero-order chi connectivity index (χ0) is 17.3. The second-order valence-corrected chi connectivity index (χ2v) is 8.06. The van der Waals surface area contributed by atoms with E-state index >= 15 is 0 Å². The Balaban J connectivity index is 1.69. The van der Waals surface area contributed by atoms with Gasteiger partial charge in [-0.15, -0.1) is 0 Å². The van der Waals surface area contributed by atoms with Gasteiger partial charge in [0.05, 0.1) is 17.3 Å². The molecule has 0 aromatic heterocycles. The van der Waals surface area contributed by atoms with Crippen molar-refractivity contribution in [3.63, 3.8) is 0 Å². The van der Waals surface area contributed by atoms with E-state index in [1.807, 2.05) is 30.3 Å². The van der Waals surface area contributed by atoms with E-state index in [0.29, 0.717) is 6.54 Å². The van der Waals surface area contributed by atoms with E-state index in [-0.39, 0.29) is 5.41 Å². The highest BCUT2D eigenvalue weighted by atomic mass is 35.5. The molecule has 4 rings (SSSR count). The molecule has 2 nitrogen and oxygen atoms in total. The van der Waals surface area contributed by atoms with Crippen LogP contribution in [-0.4, -0.2) is 5.84 Å². The van der Waals surface area contributed by atoms with E-state index in [2.05, 4.69) is 17.4 Å². The van der Waals surface area contributed by atoms with Gasteiger partial charge in [0.2, 0.25) is 0 Å². The van der Waals surface area contributed by atoms with E-state index in [4.69, 9.17) is 28.2 Å². The van der Waals surface area contributed by atoms with E-state index in [0.717, 1.165) is 33.6 Å². The number of benzene rings is 2. The maximum Gasteiger partial charge on any atom is 0.108 e. The normalized spacial score (nSPS) is 20.3. The quantitative estimate of drug-likeness (QED) is 0.637. The summed E-state index contributed by atoms with van der Waals surface area (Å²) in [5, 5.41) is 5.13. The Kier molecular flexibility index (Phi) is 4.75. The van der Waals surface area contributed by atoms with Crippen LogP contribution in [0, 0.1) is 5.41 Å². The van der Waals surface area contributed by atoms with Crippen molar-refractivity contribution < 1.29 is 0 Å². The number of nitrogens with one attached hydrogen (secondary N) is 1. The first kappa shape index (κ1) is 16.9. The summed E-state index contributed by atoms with van der Waals surface area (Å²) in [5.74, 6) is 1.10. The van der Waals surface area contributed by atoms with Gasteiger partial charge in [0.1, 0.15) is 5.84 Å². The third-order valence-corrected chi connectivity index (χ3v) is 6.04. The molecule has 1 aliphatic carbocycles. The summed E-state index contributed by atoms with van der Waals surface area (Å²) in [7, 11) is 0. The molecule has 2 aromatic carbocycles. The predicted octanol–water partition coefficient (Wildman–Crippen LogP) is 6.51. The van der Waals surface area contributed by atoms with Gasteiger partial charge in [-0.2, -0.15) is 0 Å². The first-order chi connectivity index (χ1) is 12.2. The Morgan fingerprint density at radius 3 is 2.60 bits per heavy atom. The molecule has 0 saturated heterocycles. The number of anilines is 1. The summed E-state index contributed by atoms with van der Waals surface area (Å²) in [5.41, 5.74) is 3.62. The highest BCUT2D eigenvalue weighted by Crippen LogP contribution is 2.46. The third kappa shape index (κ3) is 3.43. The number of halogens is 2. The number of hydrogen-bond acceptors (Lipinski definition) is 1. The second kappa shape index (κ2) is 7.01. The molecule has 130 valence electrons. The Labute approximate surface area is 159 Å². The minimum atomic E-state index is 0.133. The zero-order valence-electron chi connectivity index (χ0n) is 14.2. The van der Waals surface area contributed by atoms with Gasteiger partial charge in [0.15, 0.2) is 0 Å². The van der Waals surface area contributed by atoms with Crippen molar-refractivity contribution in [1.82, 2.24) is 0 Å². The molecule has 1 aliphatic heterocycles. The van der Waals surface area contributed by atoms with Crippen molar-refractivity contribution in [3.8, 4) is 0 Å². The fourth-order valence-corrected chi connectivity index (χ4v) is 4.66. The summed E-state index contributed by atoms with van der Waals surface area (Å²) < 4.78 is 0. The van der Waals surface area contributed by atoms with E-state index in [1.165, 1.54) is 37.7 Å². The van der Waals surface area contributed by atoms with Crippen LogP contribution >= 0.6 is 23.2 Å². The maximum atomic E-state index is 6.44. The summed E-state index contributed by atoms with van der Waals surface area (Å²) in [6.45, 7) is 0.643. The lowest BCUT2D eigenvalue weighted by Gasteiger charge is -2.43. The summed E-state index contributed by atoms with van der Waals surface area (Å²) >= 11 is 12.6. The van der Waals surface area contributed by atoms with Crippen LogP contribution < -0.4 is 5.32 Å². The fraction of sp³-hybridized carbons (Fsp3) is 0.381. The smallest absolute Gasteiger partial charge is 0.108 e. The van der Waals surface area contributed by atoms with Gasteiger partial charge in [-0.05, 0) is 48.6 Å². The van der Waals surface area contributed by atoms with Crippen LogP contribution in [0.15, 0.2) is 47.5 Å². The number of nitrogens with zero attached hydrogens (tertiary/aromatic N) is 1. The molecule has 2 aromatic rings. The number of aliphatic imine (C=N–C) groups is 1. The third-order valence-electron chi connectivity index (χ3n) is 5.49. The molecular weight excluding hydrogens is 351 g/mol. The number of para-hydroxylation sites is 1. The van der Waals surface area contributed by atoms with Gasteiger partial charge in [-0.25, -0.2) is 0 Å². The molecule has 1 heterocycles. The summed E-state index contributed by atoms with van der Waals surface area (Å²) in [6.07, 6.45) is 7.29. The lowest BCUT2D eigenvalue weighted by molar-refractivity contribution is 0.278. The number of fused-ring (bicyclic) bond motifs is 1. The zero-order valence-corrected chi connectivity index (χ0v) is 15.7. The van der Waals surface area contributed by atoms with Crippen LogP contribution in [0.1, 0.15) is 43.2 Å². The Hall–Kier alpha value is -1.51. The van der Waals surface area contributed by atoms with Crippen molar-refractivity contribution >= 4 is 34.7 Å². The molecule has 1 saturated carbocycles. The van der Waals surface area contributed by atoms with E-state index in [1.54, 1.807) is 0 Å². The van der Waals surface area contributed by atoms with Gasteiger partial charge in [-0.3, -0.25) is 4.99 Å². The highest BCUT2D eigenvalue weighted by molar-refractivity contribution is 6.34. The van der Waals surface area contributed by atoms with E-state index < -0.39 is 0 Å². The van der Waals surface area contributed by atoms with E-state index in [9.17, 15) is 0 Å². The SMILES string of the molecule is Clc1cccc(CN=C2Nc3c(Cl)cccc3CC23CCCCC3)c1. The molecule has 0 amide bonds. The first-order valence-corrected chi connectivity index (χ1v) is 9.76. The predicted molar refractivity (Wildman–Crippen MR) is 107 cm³/mol. The number of amidine groups is 1. The molecule has 1 spiro atoms. The molecule has 25 heavy (non-hydrogen) atoms. The van der Waals surface area contributed by atoms with Crippen molar-refractivity contribution in [1.29, 1.82) is 0 Å². The lowest BCUT2D eigenvalue weighted by atomic mass is 9.67. The topological polar surface area (TPSA) is 24.4 Å². The number of rotatable bonds is 2. The number of hydrogen-bond donors (Lipinski definition) is 1. The molecule has 0 atom stereocenters. The fourth-order valence-electron chi connectivity index (χ4n) is 4.21. The molecule has 1 N–H and O–H groups in total. The standard InChI is InChI=1S/C21H22Cl2N2/c22-17-8-4-6-15(12-17)14-24-20-21(10-2-1-3-11-21)13-16-7-5-9-18(23)19(16)25-20/h4-9,12H,1-3,10-11,13-14H2,(H,24,25). The molecule has 4 heteroatoms. The Bertz CT molecular complexity index is 807. The maximum absolute atomic E-state index is 6.44. The van der Waals surface area contributed by atoms with Crippen molar-refractivity contribution in [2.24, 2.45) is 10.4 Å². The first-order valence-electron chi connectivity index (χ1n) is 9.00. The molecule has 1 fully saturated rings. The highest BCUT2D eigenvalue weighted by Gasteiger charge is 2.41. The van der Waals surface area contributed by atoms with Crippen LogP contribution in [0.25, 0.3) is 0 Å². The van der Waals surface area contributed by atoms with Crippen LogP contribution in [-0.2, 0) is 13.0 Å². The van der Waals surface area contributed by atoms with Crippen LogP contribution in [0.4, 0.5) is 5.69 Å². The molecule has 0 unspecified atom stereocenters. The minimum absolute atomic E-state index is 0.133. The van der Waals surface area contributed by atoms with Gasteiger partial charge >= 0.3 is 0 Å². The van der Waals surface area contributed by atoms with Crippen molar-refractivity contribution in [2.75, 3.05) is 5.32 Å². The Morgan fingerprint density at radius 2 is 1.80 bits per heavy atom. The van der Waals surface area contributed by atoms with Crippen LogP contribution in [0.2, 0.25) is 10.0 Å². The van der Waals surface area contributed by atoms with Crippen LogP contribution in [0.3, 0.4) is 0 Å². The van der Waals surface area contributed by atoms with Gasteiger partial charge in [0, 0.05) is 10.4 Å². The summed E-state index contributed by atoms with van der Waals surface area (Å²) in [4.78, 5) is 5.00. The van der Waals surface area contributed by atoms with Crippen molar-refractivity contribution in [2.45, 2.75) is 45.1 Å².